The van der Waals surface area contributed by atoms with Crippen molar-refractivity contribution in [1.29, 1.82) is 0 Å². The molecule has 3 aromatic rings. The van der Waals surface area contributed by atoms with Crippen LogP contribution in [-0.4, -0.2) is 24.5 Å². The van der Waals surface area contributed by atoms with Gasteiger partial charge in [0.05, 0.1) is 6.07 Å². The molecule has 0 saturated heterocycles. The van der Waals surface area contributed by atoms with Gasteiger partial charge in [-0.3, -0.25) is 14.5 Å². The summed E-state index contributed by atoms with van der Waals surface area (Å²) >= 11 is 0. The Morgan fingerprint density at radius 2 is 2.22 bits per heavy atom. The number of hydrogen-bond donors (Lipinski definition) is 0. The minimum absolute atomic E-state index is 0.279. The molecule has 0 fully saturated rings. The smallest absolute Gasteiger partial charge is 0.397 e. The lowest BCUT2D eigenvalue weighted by Crippen LogP contribution is -1.91. The van der Waals surface area contributed by atoms with Crippen molar-refractivity contribution >= 4 is 11.7 Å². The van der Waals surface area contributed by atoms with E-state index in [1.54, 1.807) is 16.8 Å². The number of furan rings is 1. The fourth-order valence-electron chi connectivity index (χ4n) is 1.60. The first kappa shape index (κ1) is 10.4. The maximum Gasteiger partial charge on any atom is 0.433 e. The summed E-state index contributed by atoms with van der Waals surface area (Å²) in [5.41, 5.74) is 0.921. The van der Waals surface area contributed by atoms with Crippen LogP contribution in [0.5, 0.6) is 0 Å². The predicted octanol–water partition coefficient (Wildman–Crippen LogP) is 1.60. The van der Waals surface area contributed by atoms with E-state index in [9.17, 15) is 10.1 Å². The van der Waals surface area contributed by atoms with Crippen LogP contribution in [-0.2, 0) is 0 Å². The molecule has 0 aromatic carbocycles. The van der Waals surface area contributed by atoms with Crippen LogP contribution in [0.4, 0.5) is 5.88 Å². The molecule has 8 heteroatoms. The van der Waals surface area contributed by atoms with Crippen LogP contribution in [0.1, 0.15) is 5.56 Å². The van der Waals surface area contributed by atoms with Gasteiger partial charge in [0.2, 0.25) is 5.82 Å². The monoisotopic (exact) mass is 245 g/mol. The molecule has 3 heterocycles. The Morgan fingerprint density at radius 3 is 2.94 bits per heavy atom. The Labute approximate surface area is 100 Å². The molecule has 0 aliphatic carbocycles. The summed E-state index contributed by atoms with van der Waals surface area (Å²) in [5.74, 6) is 0.743. The molecule has 90 valence electrons. The maximum atomic E-state index is 10.6. The lowest BCUT2D eigenvalue weighted by atomic mass is 10.4. The molecule has 0 bridgehead atoms. The van der Waals surface area contributed by atoms with Crippen LogP contribution in [0.2, 0.25) is 0 Å². The van der Waals surface area contributed by atoms with E-state index in [1.165, 1.54) is 12.1 Å². The Bertz CT molecular complexity index is 745. The summed E-state index contributed by atoms with van der Waals surface area (Å²) in [4.78, 5) is 14.0. The van der Waals surface area contributed by atoms with Gasteiger partial charge in [0.15, 0.2) is 5.76 Å². The van der Waals surface area contributed by atoms with Crippen LogP contribution in [0.15, 0.2) is 28.9 Å². The molecule has 0 amide bonds. The molecule has 0 saturated carbocycles. The molecule has 0 aliphatic rings. The largest absolute Gasteiger partial charge is 0.433 e. The zero-order valence-electron chi connectivity index (χ0n) is 9.27. The predicted molar refractivity (Wildman–Crippen MR) is 59.9 cm³/mol. The van der Waals surface area contributed by atoms with Crippen molar-refractivity contribution in [2.24, 2.45) is 0 Å². The Balaban J connectivity index is 2.18. The van der Waals surface area contributed by atoms with E-state index in [0.29, 0.717) is 11.6 Å². The molecule has 3 rings (SSSR count). The Morgan fingerprint density at radius 1 is 1.39 bits per heavy atom. The van der Waals surface area contributed by atoms with Crippen LogP contribution < -0.4 is 0 Å². The zero-order valence-corrected chi connectivity index (χ0v) is 9.27. The summed E-state index contributed by atoms with van der Waals surface area (Å²) in [7, 11) is 0. The van der Waals surface area contributed by atoms with Gasteiger partial charge in [-0.25, -0.2) is 4.98 Å². The molecule has 0 spiro atoms. The van der Waals surface area contributed by atoms with Crippen molar-refractivity contribution in [3.05, 3.63) is 40.2 Å². The van der Waals surface area contributed by atoms with Crippen molar-refractivity contribution < 1.29 is 9.34 Å². The van der Waals surface area contributed by atoms with Crippen molar-refractivity contribution in [1.82, 2.24) is 19.6 Å². The third kappa shape index (κ3) is 1.51. The minimum Gasteiger partial charge on any atom is -0.397 e. The summed E-state index contributed by atoms with van der Waals surface area (Å²) in [6, 6.07) is 2.76. The second-order valence-corrected chi connectivity index (χ2v) is 3.72. The van der Waals surface area contributed by atoms with Crippen LogP contribution in [0.25, 0.3) is 17.4 Å². The van der Waals surface area contributed by atoms with E-state index in [2.05, 4.69) is 15.2 Å². The number of aromatic nitrogens is 4. The van der Waals surface area contributed by atoms with E-state index in [1.807, 2.05) is 6.92 Å². The summed E-state index contributed by atoms with van der Waals surface area (Å²) < 4.78 is 6.71. The topological polar surface area (TPSA) is 99.4 Å². The van der Waals surface area contributed by atoms with E-state index in [0.717, 1.165) is 5.56 Å². The zero-order chi connectivity index (χ0) is 12.7. The lowest BCUT2D eigenvalue weighted by molar-refractivity contribution is -0.401. The highest BCUT2D eigenvalue weighted by atomic mass is 16.6. The van der Waals surface area contributed by atoms with Crippen LogP contribution in [0, 0.1) is 17.0 Å². The number of rotatable bonds is 2. The quantitative estimate of drug-likeness (QED) is 0.502. The fourth-order valence-corrected chi connectivity index (χ4v) is 1.60. The van der Waals surface area contributed by atoms with Gasteiger partial charge in [-0.2, -0.15) is 0 Å². The number of aryl methyl sites for hydroxylation is 1. The molecular weight excluding hydrogens is 238 g/mol. The average Bonchev–Trinajstić information content (AvgIpc) is 2.93. The molecule has 0 aliphatic heterocycles. The highest BCUT2D eigenvalue weighted by Crippen LogP contribution is 2.24. The normalized spacial score (nSPS) is 10.9. The van der Waals surface area contributed by atoms with E-state index >= 15 is 0 Å². The second-order valence-electron chi connectivity index (χ2n) is 3.72. The van der Waals surface area contributed by atoms with E-state index < -0.39 is 4.92 Å². The molecule has 0 N–H and O–H groups in total. The Hall–Kier alpha value is -2.77. The first-order valence-corrected chi connectivity index (χ1v) is 5.07. The number of hydrogen-bond acceptors (Lipinski definition) is 6. The van der Waals surface area contributed by atoms with Gasteiger partial charge in [0.1, 0.15) is 4.92 Å². The molecular formula is C10H7N5O3. The maximum absolute atomic E-state index is 10.6. The third-order valence-electron chi connectivity index (χ3n) is 2.39. The summed E-state index contributed by atoms with van der Waals surface area (Å²) in [6.07, 6.45) is 3.45. The van der Waals surface area contributed by atoms with Gasteiger partial charge in [-0.15, -0.1) is 10.2 Å². The Kier molecular flexibility index (Phi) is 2.09. The summed E-state index contributed by atoms with van der Waals surface area (Å²) in [5, 5.41) is 18.3. The van der Waals surface area contributed by atoms with Gasteiger partial charge in [-0.05, 0) is 18.6 Å². The van der Waals surface area contributed by atoms with Gasteiger partial charge in [0.25, 0.3) is 5.78 Å². The highest BCUT2D eigenvalue weighted by Gasteiger charge is 2.17. The third-order valence-corrected chi connectivity index (χ3v) is 2.39. The van der Waals surface area contributed by atoms with Gasteiger partial charge in [-0.1, -0.05) is 0 Å². The van der Waals surface area contributed by atoms with Gasteiger partial charge < -0.3 is 4.42 Å². The van der Waals surface area contributed by atoms with Crippen LogP contribution >= 0.6 is 0 Å². The van der Waals surface area contributed by atoms with E-state index in [4.69, 9.17) is 4.42 Å². The van der Waals surface area contributed by atoms with Gasteiger partial charge >= 0.3 is 5.88 Å². The SMILES string of the molecule is Cc1cnc2nnc(-c3ccc([N+](=O)[O-])o3)n2c1. The lowest BCUT2D eigenvalue weighted by Gasteiger charge is -1.96. The molecule has 3 aromatic heterocycles. The van der Waals surface area contributed by atoms with Crippen LogP contribution in [0.3, 0.4) is 0 Å². The van der Waals surface area contributed by atoms with Crippen molar-refractivity contribution in [2.75, 3.05) is 0 Å². The summed E-state index contributed by atoms with van der Waals surface area (Å²) in [6.45, 7) is 1.88. The molecule has 8 nitrogen and oxygen atoms in total. The van der Waals surface area contributed by atoms with E-state index in [-0.39, 0.29) is 11.6 Å². The molecule has 0 unspecified atom stereocenters. The first-order chi connectivity index (χ1) is 8.65. The molecule has 18 heavy (non-hydrogen) atoms. The van der Waals surface area contributed by atoms with Crippen molar-refractivity contribution in [3.63, 3.8) is 0 Å². The first-order valence-electron chi connectivity index (χ1n) is 5.07. The number of nitrogens with zero attached hydrogens (tertiary/aromatic N) is 5. The fraction of sp³-hybridized carbons (Fsp3) is 0.100. The average molecular weight is 245 g/mol. The number of nitro groups is 1. The van der Waals surface area contributed by atoms with Gasteiger partial charge in [0, 0.05) is 12.4 Å². The minimum atomic E-state index is -0.601. The second kappa shape index (κ2) is 3.62. The highest BCUT2D eigenvalue weighted by molar-refractivity contribution is 5.53. The van der Waals surface area contributed by atoms with Crippen molar-refractivity contribution in [2.45, 2.75) is 6.92 Å². The molecule has 0 atom stereocenters. The standard InChI is InChI=1S/C10H7N5O3/c1-6-4-11-10-13-12-9(14(10)5-6)7-2-3-8(18-7)15(16)17/h2-5H,1H3. The number of fused-ring (bicyclic) bond motifs is 1. The molecule has 0 radical (unpaired) electrons. The van der Waals surface area contributed by atoms with Crippen molar-refractivity contribution in [3.8, 4) is 11.6 Å².